The van der Waals surface area contributed by atoms with Crippen molar-refractivity contribution in [2.24, 2.45) is 0 Å². The molecule has 7 nitrogen and oxygen atoms in total. The van der Waals surface area contributed by atoms with E-state index in [2.05, 4.69) is 25.7 Å². The van der Waals surface area contributed by atoms with Crippen LogP contribution in [0.1, 0.15) is 350 Å². The van der Waals surface area contributed by atoms with Gasteiger partial charge in [0.05, 0.1) is 0 Å². The lowest BCUT2D eigenvalue weighted by molar-refractivity contribution is -0.151. The molecule has 0 heterocycles. The molecule has 3 atom stereocenters. The number of nitrogens with zero attached hydrogens (tertiary/aromatic N) is 1. The number of carbonyl (C=O) groups excluding carboxylic acids is 3. The van der Waals surface area contributed by atoms with Gasteiger partial charge in [0.15, 0.2) is 0 Å². The zero-order valence-corrected chi connectivity index (χ0v) is 48.2. The Morgan fingerprint density at radius 3 is 0.557 bits per heavy atom. The van der Waals surface area contributed by atoms with E-state index in [0.29, 0.717) is 38.9 Å². The topological polar surface area (TPSA) is 82.1 Å². The fraction of sp³-hybridized carbons (Fsp3) is 0.952. The van der Waals surface area contributed by atoms with Crippen molar-refractivity contribution < 1.29 is 28.6 Å². The standard InChI is InChI=1S/C63H123NO6/c1-7-10-13-16-19-22-25-28-31-34-37-40-43-46-49-52-61(65)68-58(4)55-64(56-59(5)69-62(66)53-50-47-44-41-38-35-32-29-26-23-20-17-14-11-8-2)57-60(6)70-63(67)54-51-48-45-42-39-36-33-30-27-24-21-18-15-12-9-3/h58-60H,7-57H2,1-6H3. The lowest BCUT2D eigenvalue weighted by atomic mass is 10.0. The largest absolute Gasteiger partial charge is 0.461 e. The highest BCUT2D eigenvalue weighted by Crippen LogP contribution is 2.18. The van der Waals surface area contributed by atoms with E-state index in [-0.39, 0.29) is 36.2 Å². The molecule has 0 amide bonds. The van der Waals surface area contributed by atoms with Crippen LogP contribution in [0.3, 0.4) is 0 Å². The quantitative estimate of drug-likeness (QED) is 0.0341. The van der Waals surface area contributed by atoms with E-state index in [0.717, 1.165) is 38.5 Å². The number of esters is 3. The zero-order valence-electron chi connectivity index (χ0n) is 48.2. The van der Waals surface area contributed by atoms with Gasteiger partial charge in [-0.15, -0.1) is 0 Å². The van der Waals surface area contributed by atoms with E-state index in [9.17, 15) is 14.4 Å². The predicted octanol–water partition coefficient (Wildman–Crippen LogP) is 19.9. The summed E-state index contributed by atoms with van der Waals surface area (Å²) in [6, 6.07) is 0. The molecule has 0 spiro atoms. The molecule has 0 saturated heterocycles. The first kappa shape index (κ1) is 68.4. The summed E-state index contributed by atoms with van der Waals surface area (Å²) in [5, 5.41) is 0. The van der Waals surface area contributed by atoms with Gasteiger partial charge in [-0.05, 0) is 40.0 Å². The molecule has 0 aromatic rings. The molecule has 0 fully saturated rings. The first-order valence-electron chi connectivity index (χ1n) is 31.5. The molecular formula is C63H123NO6. The predicted molar refractivity (Wildman–Crippen MR) is 302 cm³/mol. The minimum Gasteiger partial charge on any atom is -0.461 e. The number of hydrogen-bond donors (Lipinski definition) is 0. The number of unbranched alkanes of at least 4 members (excludes halogenated alkanes) is 42. The highest BCUT2D eigenvalue weighted by atomic mass is 16.6. The molecule has 0 N–H and O–H groups in total. The molecule has 0 aliphatic rings. The van der Waals surface area contributed by atoms with Crippen molar-refractivity contribution in [3.8, 4) is 0 Å². The van der Waals surface area contributed by atoms with E-state index >= 15 is 0 Å². The Hall–Kier alpha value is -1.63. The molecule has 3 unspecified atom stereocenters. The minimum atomic E-state index is -0.324. The fourth-order valence-electron chi connectivity index (χ4n) is 10.2. The molecule has 0 aliphatic carbocycles. The van der Waals surface area contributed by atoms with Crippen molar-refractivity contribution in [2.75, 3.05) is 19.6 Å². The maximum Gasteiger partial charge on any atom is 0.306 e. The summed E-state index contributed by atoms with van der Waals surface area (Å²) >= 11 is 0. The molecule has 7 heteroatoms. The van der Waals surface area contributed by atoms with Crippen LogP contribution in [0.15, 0.2) is 0 Å². The molecule has 0 rings (SSSR count). The van der Waals surface area contributed by atoms with E-state index in [4.69, 9.17) is 14.2 Å². The Bertz CT molecular complexity index is 966. The van der Waals surface area contributed by atoms with E-state index < -0.39 is 0 Å². The maximum absolute atomic E-state index is 12.9. The van der Waals surface area contributed by atoms with Crippen LogP contribution < -0.4 is 0 Å². The van der Waals surface area contributed by atoms with Crippen LogP contribution in [0.5, 0.6) is 0 Å². The summed E-state index contributed by atoms with van der Waals surface area (Å²) in [4.78, 5) is 40.8. The Morgan fingerprint density at radius 2 is 0.400 bits per heavy atom. The summed E-state index contributed by atoms with van der Waals surface area (Å²) in [6.45, 7) is 14.1. The van der Waals surface area contributed by atoms with Gasteiger partial charge < -0.3 is 14.2 Å². The van der Waals surface area contributed by atoms with Crippen molar-refractivity contribution in [2.45, 2.75) is 368 Å². The summed E-state index contributed by atoms with van der Waals surface area (Å²) in [5.41, 5.74) is 0. The highest BCUT2D eigenvalue weighted by molar-refractivity contribution is 5.70. The van der Waals surface area contributed by atoms with Crippen molar-refractivity contribution >= 4 is 17.9 Å². The lowest BCUT2D eigenvalue weighted by Crippen LogP contribution is -2.43. The third-order valence-electron chi connectivity index (χ3n) is 14.5. The van der Waals surface area contributed by atoms with Gasteiger partial charge in [-0.2, -0.15) is 0 Å². The Morgan fingerprint density at radius 1 is 0.257 bits per heavy atom. The van der Waals surface area contributed by atoms with Gasteiger partial charge in [-0.3, -0.25) is 19.3 Å². The second-order valence-corrected chi connectivity index (χ2v) is 22.2. The van der Waals surface area contributed by atoms with Gasteiger partial charge in [0.25, 0.3) is 0 Å². The summed E-state index contributed by atoms with van der Waals surface area (Å²) in [7, 11) is 0. The minimum absolute atomic E-state index is 0.145. The Labute approximate surface area is 437 Å². The normalized spacial score (nSPS) is 12.9. The van der Waals surface area contributed by atoms with Crippen molar-refractivity contribution in [1.29, 1.82) is 0 Å². The van der Waals surface area contributed by atoms with Gasteiger partial charge in [0, 0.05) is 38.9 Å². The average molecular weight is 991 g/mol. The molecule has 0 aromatic carbocycles. The van der Waals surface area contributed by atoms with Gasteiger partial charge in [-0.25, -0.2) is 0 Å². The maximum atomic E-state index is 12.9. The Balaban J connectivity index is 4.60. The number of carbonyl (C=O) groups is 3. The van der Waals surface area contributed by atoms with Gasteiger partial charge >= 0.3 is 17.9 Å². The van der Waals surface area contributed by atoms with Crippen molar-refractivity contribution in [3.63, 3.8) is 0 Å². The summed E-state index contributed by atoms with van der Waals surface area (Å²) < 4.78 is 17.7. The second kappa shape index (κ2) is 55.1. The first-order chi connectivity index (χ1) is 34.2. The average Bonchev–Trinajstić information content (AvgIpc) is 3.32. The SMILES string of the molecule is CCCCCCCCCCCCCCCCCC(=O)OC(C)CN(CC(C)OC(=O)CCCCCCCCCCCCCCCCC)CC(C)OC(=O)CCCCCCCCCCCCCCCCC. The lowest BCUT2D eigenvalue weighted by Gasteiger charge is -2.30. The van der Waals surface area contributed by atoms with Crippen LogP contribution in [-0.2, 0) is 28.6 Å². The number of rotatable bonds is 57. The number of ether oxygens (including phenoxy) is 3. The molecular weight excluding hydrogens is 867 g/mol. The van der Waals surface area contributed by atoms with E-state index in [1.54, 1.807) is 0 Å². The summed E-state index contributed by atoms with van der Waals surface area (Å²) in [5.74, 6) is -0.436. The third-order valence-corrected chi connectivity index (χ3v) is 14.5. The van der Waals surface area contributed by atoms with E-state index in [1.165, 1.54) is 250 Å². The highest BCUT2D eigenvalue weighted by Gasteiger charge is 2.22. The van der Waals surface area contributed by atoms with Crippen molar-refractivity contribution in [1.82, 2.24) is 4.90 Å². The summed E-state index contributed by atoms with van der Waals surface area (Å²) in [6.07, 6.45) is 58.8. The van der Waals surface area contributed by atoms with Crippen LogP contribution in [0.25, 0.3) is 0 Å². The van der Waals surface area contributed by atoms with Gasteiger partial charge in [0.1, 0.15) is 18.3 Å². The molecule has 0 aromatic heterocycles. The van der Waals surface area contributed by atoms with Crippen LogP contribution in [0.4, 0.5) is 0 Å². The first-order valence-corrected chi connectivity index (χ1v) is 31.5. The Kier molecular flexibility index (Phi) is 53.8. The monoisotopic (exact) mass is 990 g/mol. The zero-order chi connectivity index (χ0) is 51.2. The molecule has 0 aliphatic heterocycles. The third kappa shape index (κ3) is 52.7. The van der Waals surface area contributed by atoms with Crippen LogP contribution in [0.2, 0.25) is 0 Å². The van der Waals surface area contributed by atoms with Crippen LogP contribution >= 0.6 is 0 Å². The smallest absolute Gasteiger partial charge is 0.306 e. The fourth-order valence-corrected chi connectivity index (χ4v) is 10.2. The van der Waals surface area contributed by atoms with E-state index in [1.807, 2.05) is 20.8 Å². The molecule has 0 bridgehead atoms. The van der Waals surface area contributed by atoms with Crippen LogP contribution in [0, 0.1) is 0 Å². The molecule has 70 heavy (non-hydrogen) atoms. The molecule has 0 radical (unpaired) electrons. The van der Waals surface area contributed by atoms with Gasteiger partial charge in [-0.1, -0.05) is 290 Å². The van der Waals surface area contributed by atoms with Gasteiger partial charge in [0.2, 0.25) is 0 Å². The van der Waals surface area contributed by atoms with Crippen LogP contribution in [-0.4, -0.2) is 60.8 Å². The number of hydrogen-bond acceptors (Lipinski definition) is 7. The second-order valence-electron chi connectivity index (χ2n) is 22.2. The van der Waals surface area contributed by atoms with Crippen molar-refractivity contribution in [3.05, 3.63) is 0 Å². The molecule has 0 saturated carbocycles. The molecule has 416 valence electrons.